The number of rotatable bonds is 7. The van der Waals surface area contributed by atoms with Gasteiger partial charge in [0.15, 0.2) is 22.9 Å². The van der Waals surface area contributed by atoms with Crippen LogP contribution in [-0.2, 0) is 9.53 Å². The molecule has 1 aliphatic heterocycles. The summed E-state index contributed by atoms with van der Waals surface area (Å²) in [7, 11) is 2.93. The molecule has 1 aromatic heterocycles. The summed E-state index contributed by atoms with van der Waals surface area (Å²) in [6, 6.07) is 9.88. The Balaban J connectivity index is 1.83. The molecule has 8 nitrogen and oxygen atoms in total. The predicted molar refractivity (Wildman–Crippen MR) is 116 cm³/mol. The number of nitrogens with zero attached hydrogens (tertiary/aromatic N) is 1. The first-order valence-corrected chi connectivity index (χ1v) is 10.1. The number of furan rings is 1. The lowest BCUT2D eigenvalue weighted by Crippen LogP contribution is -2.33. The maximum Gasteiger partial charge on any atom is 0.290 e. The van der Waals surface area contributed by atoms with Gasteiger partial charge in [0, 0.05) is 30.1 Å². The van der Waals surface area contributed by atoms with Crippen LogP contribution in [0.5, 0.6) is 11.5 Å². The lowest BCUT2D eigenvalue weighted by Gasteiger charge is -2.26. The molecule has 0 spiro atoms. The minimum absolute atomic E-state index is 0.0389. The summed E-state index contributed by atoms with van der Waals surface area (Å²) in [5.74, 6) is -1.84. The van der Waals surface area contributed by atoms with Crippen molar-refractivity contribution in [3.63, 3.8) is 0 Å². The van der Waals surface area contributed by atoms with Crippen molar-refractivity contribution in [2.75, 3.05) is 27.4 Å². The second kappa shape index (κ2) is 8.57. The number of hydrogen-bond acceptors (Lipinski definition) is 7. The largest absolute Gasteiger partial charge is 0.508 e. The van der Waals surface area contributed by atoms with Crippen LogP contribution in [0.4, 0.5) is 0 Å². The van der Waals surface area contributed by atoms with Crippen LogP contribution in [0.25, 0.3) is 11.0 Å². The molecule has 0 bridgehead atoms. The number of carbonyl (C=O) groups excluding carboxylic acids is 2. The van der Waals surface area contributed by atoms with E-state index in [1.807, 2.05) is 0 Å². The smallest absolute Gasteiger partial charge is 0.290 e. The van der Waals surface area contributed by atoms with Crippen LogP contribution < -0.4 is 4.74 Å². The minimum Gasteiger partial charge on any atom is -0.508 e. The molecule has 2 N–H and O–H groups in total. The van der Waals surface area contributed by atoms with E-state index >= 15 is 0 Å². The highest BCUT2D eigenvalue weighted by Crippen LogP contribution is 2.41. The van der Waals surface area contributed by atoms with Gasteiger partial charge in [-0.3, -0.25) is 9.59 Å². The van der Waals surface area contributed by atoms with Gasteiger partial charge in [-0.25, -0.2) is 0 Å². The highest BCUT2D eigenvalue weighted by molar-refractivity contribution is 6.31. The van der Waals surface area contributed by atoms with Crippen molar-refractivity contribution in [3.05, 3.63) is 70.1 Å². The van der Waals surface area contributed by atoms with Gasteiger partial charge in [-0.15, -0.1) is 0 Å². The number of ketones is 1. The minimum atomic E-state index is -0.934. The average molecular weight is 458 g/mol. The summed E-state index contributed by atoms with van der Waals surface area (Å²) in [6.07, 6.45) is 0. The molecular weight excluding hydrogens is 438 g/mol. The van der Waals surface area contributed by atoms with Crippen molar-refractivity contribution >= 4 is 34.3 Å². The van der Waals surface area contributed by atoms with Crippen LogP contribution in [0.2, 0.25) is 5.02 Å². The first-order valence-electron chi connectivity index (χ1n) is 9.69. The third-order valence-corrected chi connectivity index (χ3v) is 5.48. The van der Waals surface area contributed by atoms with Gasteiger partial charge in [-0.05, 0) is 29.8 Å². The molecule has 32 heavy (non-hydrogen) atoms. The van der Waals surface area contributed by atoms with E-state index in [1.165, 1.54) is 37.3 Å². The number of amides is 1. The molecule has 9 heteroatoms. The van der Waals surface area contributed by atoms with Crippen molar-refractivity contribution in [2.24, 2.45) is 0 Å². The molecule has 2 aromatic carbocycles. The molecule has 2 heterocycles. The van der Waals surface area contributed by atoms with Gasteiger partial charge in [-0.1, -0.05) is 23.7 Å². The van der Waals surface area contributed by atoms with Gasteiger partial charge in [-0.2, -0.15) is 0 Å². The Bertz CT molecular complexity index is 1250. The standard InChI is InChI=1S/C23H20ClNO7/c1-30-7-6-25-19(12-4-3-5-15(26)9-12)18(21(28)23(25)29)20(27)16-10-13-8-14(24)11-17(31-2)22(13)32-16/h3-5,8-11,19,26,28H,6-7H2,1-2H3. The van der Waals surface area contributed by atoms with Gasteiger partial charge in [0.05, 0.1) is 25.3 Å². The molecule has 1 atom stereocenters. The van der Waals surface area contributed by atoms with Crippen LogP contribution in [0, 0.1) is 0 Å². The zero-order chi connectivity index (χ0) is 23.0. The van der Waals surface area contributed by atoms with E-state index in [-0.39, 0.29) is 30.2 Å². The quantitative estimate of drug-likeness (QED) is 0.515. The third-order valence-electron chi connectivity index (χ3n) is 5.26. The number of benzene rings is 2. The number of phenolic OH excluding ortho intramolecular Hbond substituents is 1. The number of carbonyl (C=O) groups is 2. The number of ether oxygens (including phenoxy) is 2. The van der Waals surface area contributed by atoms with Gasteiger partial charge in [0.2, 0.25) is 5.78 Å². The molecule has 0 aliphatic carbocycles. The molecule has 1 aliphatic rings. The number of aliphatic hydroxyl groups is 1. The number of methoxy groups -OCH3 is 2. The lowest BCUT2D eigenvalue weighted by molar-refractivity contribution is -0.130. The van der Waals surface area contributed by atoms with Gasteiger partial charge in [0.25, 0.3) is 5.91 Å². The summed E-state index contributed by atoms with van der Waals surface area (Å²) >= 11 is 6.10. The first-order chi connectivity index (χ1) is 15.3. The van der Waals surface area contributed by atoms with E-state index in [1.54, 1.807) is 24.3 Å². The number of phenols is 1. The monoisotopic (exact) mass is 457 g/mol. The molecular formula is C23H20ClNO7. The Labute approximate surface area is 188 Å². The summed E-state index contributed by atoms with van der Waals surface area (Å²) in [5, 5.41) is 21.5. The fourth-order valence-electron chi connectivity index (χ4n) is 3.83. The summed E-state index contributed by atoms with van der Waals surface area (Å²) in [4.78, 5) is 27.6. The highest BCUT2D eigenvalue weighted by Gasteiger charge is 2.44. The number of aliphatic hydroxyl groups excluding tert-OH is 1. The van der Waals surface area contributed by atoms with Crippen LogP contribution >= 0.6 is 11.6 Å². The first kappa shape index (κ1) is 21.7. The summed E-state index contributed by atoms with van der Waals surface area (Å²) < 4.78 is 16.1. The van der Waals surface area contributed by atoms with Gasteiger partial charge < -0.3 is 29.0 Å². The number of fused-ring (bicyclic) bond motifs is 1. The molecule has 1 amide bonds. The highest BCUT2D eigenvalue weighted by atomic mass is 35.5. The maximum absolute atomic E-state index is 13.5. The molecule has 0 saturated heterocycles. The van der Waals surface area contributed by atoms with Crippen LogP contribution in [-0.4, -0.2) is 54.2 Å². The topological polar surface area (TPSA) is 109 Å². The third kappa shape index (κ3) is 3.68. The van der Waals surface area contributed by atoms with E-state index in [2.05, 4.69) is 0 Å². The molecule has 0 fully saturated rings. The summed E-state index contributed by atoms with van der Waals surface area (Å²) in [6.45, 7) is 0.316. The molecule has 3 aromatic rings. The second-order valence-electron chi connectivity index (χ2n) is 7.22. The lowest BCUT2D eigenvalue weighted by atomic mass is 9.95. The molecule has 0 radical (unpaired) electrons. The fourth-order valence-corrected chi connectivity index (χ4v) is 4.05. The van der Waals surface area contributed by atoms with E-state index in [0.29, 0.717) is 27.3 Å². The second-order valence-corrected chi connectivity index (χ2v) is 7.65. The van der Waals surface area contributed by atoms with Crippen molar-refractivity contribution < 1.29 is 33.7 Å². The van der Waals surface area contributed by atoms with Gasteiger partial charge in [0.1, 0.15) is 5.75 Å². The van der Waals surface area contributed by atoms with E-state index in [4.69, 9.17) is 25.5 Å². The summed E-state index contributed by atoms with van der Waals surface area (Å²) in [5.41, 5.74) is 0.620. The number of Topliss-reactive ketones (excluding diaryl/α,β-unsaturated/α-hetero) is 1. The van der Waals surface area contributed by atoms with Crippen LogP contribution in [0.3, 0.4) is 0 Å². The Kier molecular flexibility index (Phi) is 5.82. The van der Waals surface area contributed by atoms with Gasteiger partial charge >= 0.3 is 0 Å². The Morgan fingerprint density at radius 1 is 1.19 bits per heavy atom. The van der Waals surface area contributed by atoms with E-state index in [9.17, 15) is 19.8 Å². The average Bonchev–Trinajstić information content (AvgIpc) is 3.30. The number of aromatic hydroxyl groups is 1. The molecule has 1 unspecified atom stereocenters. The number of halogens is 1. The van der Waals surface area contributed by atoms with Crippen LogP contribution in [0.1, 0.15) is 22.2 Å². The van der Waals surface area contributed by atoms with Crippen molar-refractivity contribution in [1.29, 1.82) is 0 Å². The zero-order valence-electron chi connectivity index (χ0n) is 17.3. The van der Waals surface area contributed by atoms with Crippen molar-refractivity contribution in [1.82, 2.24) is 4.90 Å². The molecule has 0 saturated carbocycles. The van der Waals surface area contributed by atoms with Crippen LogP contribution in [0.15, 0.2) is 58.2 Å². The predicted octanol–water partition coefficient (Wildman–Crippen LogP) is 4.03. The SMILES string of the molecule is COCCN1C(=O)C(O)=C(C(=O)c2cc3cc(Cl)cc(OC)c3o2)C1c1cccc(O)c1. The Hall–Kier alpha value is -3.49. The molecule has 4 rings (SSSR count). The maximum atomic E-state index is 13.5. The zero-order valence-corrected chi connectivity index (χ0v) is 18.0. The number of hydrogen-bond donors (Lipinski definition) is 2. The normalized spacial score (nSPS) is 16.3. The van der Waals surface area contributed by atoms with Crippen molar-refractivity contribution in [2.45, 2.75) is 6.04 Å². The van der Waals surface area contributed by atoms with E-state index < -0.39 is 23.5 Å². The Morgan fingerprint density at radius 2 is 1.97 bits per heavy atom. The van der Waals surface area contributed by atoms with E-state index in [0.717, 1.165) is 0 Å². The van der Waals surface area contributed by atoms with Crippen molar-refractivity contribution in [3.8, 4) is 11.5 Å². The Morgan fingerprint density at radius 3 is 2.66 bits per heavy atom. The molecule has 166 valence electrons. The fraction of sp³-hybridized carbons (Fsp3) is 0.217.